The Labute approximate surface area is 204 Å². The molecule has 0 radical (unpaired) electrons. The van der Waals surface area contributed by atoms with Crippen LogP contribution in [0.25, 0.3) is 0 Å². The van der Waals surface area contributed by atoms with Crippen LogP contribution in [0.15, 0.2) is 60.7 Å². The van der Waals surface area contributed by atoms with Crippen LogP contribution >= 0.6 is 11.6 Å². The highest BCUT2D eigenvalue weighted by Crippen LogP contribution is 2.29. The predicted octanol–water partition coefficient (Wildman–Crippen LogP) is 4.96. The van der Waals surface area contributed by atoms with E-state index in [1.165, 1.54) is 35.9 Å². The molecule has 0 saturated heterocycles. The summed E-state index contributed by atoms with van der Waals surface area (Å²) in [5, 5.41) is 2.96. The largest absolute Gasteiger partial charge is 0.465 e. The predicted molar refractivity (Wildman–Crippen MR) is 134 cm³/mol. The molecule has 0 heterocycles. The zero-order valence-corrected chi connectivity index (χ0v) is 20.8. The molecule has 178 valence electrons. The molecule has 0 aromatic heterocycles. The van der Waals surface area contributed by atoms with Crippen LogP contribution in [0, 0.1) is 13.8 Å². The second kappa shape index (κ2) is 10.3. The molecule has 34 heavy (non-hydrogen) atoms. The van der Waals surface area contributed by atoms with Crippen molar-refractivity contribution in [1.82, 2.24) is 0 Å². The van der Waals surface area contributed by atoms with E-state index in [9.17, 15) is 18.0 Å². The molecule has 0 saturated carbocycles. The smallest absolute Gasteiger partial charge is 0.337 e. The van der Waals surface area contributed by atoms with Gasteiger partial charge in [0, 0.05) is 5.56 Å². The van der Waals surface area contributed by atoms with Gasteiger partial charge < -0.3 is 10.1 Å². The van der Waals surface area contributed by atoms with Crippen molar-refractivity contribution in [3.05, 3.63) is 93.5 Å². The van der Waals surface area contributed by atoms with Crippen LogP contribution in [0.1, 0.15) is 37.4 Å². The van der Waals surface area contributed by atoms with E-state index >= 15 is 0 Å². The van der Waals surface area contributed by atoms with Gasteiger partial charge in [-0.05, 0) is 60.9 Å². The van der Waals surface area contributed by atoms with Crippen molar-refractivity contribution in [2.24, 2.45) is 0 Å². The molecule has 0 bridgehead atoms. The molecule has 0 spiro atoms. The Morgan fingerprint density at radius 2 is 1.56 bits per heavy atom. The number of carbonyl (C=O) groups is 2. The fourth-order valence-corrected chi connectivity index (χ4v) is 4.72. The summed E-state index contributed by atoms with van der Waals surface area (Å²) < 4.78 is 31.2. The van der Waals surface area contributed by atoms with E-state index in [1.807, 2.05) is 32.0 Å². The van der Waals surface area contributed by atoms with Crippen LogP contribution in [-0.4, -0.2) is 33.7 Å². The molecule has 0 unspecified atom stereocenters. The minimum atomic E-state index is -3.54. The Balaban J connectivity index is 1.82. The summed E-state index contributed by atoms with van der Waals surface area (Å²) in [6.07, 6.45) is 1.17. The molecular weight excluding hydrogens is 476 g/mol. The number of aryl methyl sites for hydroxylation is 2. The molecule has 1 amide bonds. The first-order valence-electron chi connectivity index (χ1n) is 10.3. The Morgan fingerprint density at radius 3 is 2.12 bits per heavy atom. The van der Waals surface area contributed by atoms with Crippen molar-refractivity contribution >= 4 is 44.9 Å². The molecule has 7 nitrogen and oxygen atoms in total. The number of hydrogen-bond acceptors (Lipinski definition) is 5. The lowest BCUT2D eigenvalue weighted by Gasteiger charge is -2.26. The number of hydrogen-bond donors (Lipinski definition) is 1. The Kier molecular flexibility index (Phi) is 7.64. The number of anilines is 2. The summed E-state index contributed by atoms with van der Waals surface area (Å²) in [6, 6.07) is 16.7. The van der Waals surface area contributed by atoms with Gasteiger partial charge in [-0.1, -0.05) is 41.9 Å². The van der Waals surface area contributed by atoms with Gasteiger partial charge in [0.15, 0.2) is 0 Å². The maximum absolute atomic E-state index is 12.7. The quantitative estimate of drug-likeness (QED) is 0.463. The van der Waals surface area contributed by atoms with E-state index in [2.05, 4.69) is 5.32 Å². The molecule has 3 aromatic carbocycles. The minimum absolute atomic E-state index is 0.124. The number of benzene rings is 3. The third kappa shape index (κ3) is 5.76. The van der Waals surface area contributed by atoms with Crippen molar-refractivity contribution in [3.63, 3.8) is 0 Å². The van der Waals surface area contributed by atoms with Gasteiger partial charge in [0.25, 0.3) is 5.91 Å². The van der Waals surface area contributed by atoms with E-state index in [1.54, 1.807) is 24.3 Å². The monoisotopic (exact) mass is 500 g/mol. The molecule has 3 aromatic rings. The number of nitrogens with zero attached hydrogens (tertiary/aromatic N) is 1. The van der Waals surface area contributed by atoms with Crippen molar-refractivity contribution in [3.8, 4) is 0 Å². The van der Waals surface area contributed by atoms with Crippen molar-refractivity contribution in [2.45, 2.75) is 20.4 Å². The second-order valence-electron chi connectivity index (χ2n) is 7.85. The van der Waals surface area contributed by atoms with Crippen LogP contribution in [0.4, 0.5) is 11.4 Å². The number of carbonyl (C=O) groups excluding carboxylic acids is 2. The van der Waals surface area contributed by atoms with Gasteiger partial charge in [0.1, 0.15) is 0 Å². The van der Waals surface area contributed by atoms with Crippen LogP contribution < -0.4 is 9.62 Å². The van der Waals surface area contributed by atoms with Gasteiger partial charge in [-0.15, -0.1) is 0 Å². The zero-order valence-electron chi connectivity index (χ0n) is 19.3. The van der Waals surface area contributed by atoms with Crippen molar-refractivity contribution in [2.75, 3.05) is 23.0 Å². The average Bonchev–Trinajstić information content (AvgIpc) is 2.79. The standard InChI is InChI=1S/C25H25ClN2O5S/c1-16-6-5-7-17(2)23(16)28(34(4,31)32)15-18-8-10-19(11-9-18)24(29)27-22-14-20(25(30)33-3)12-13-21(22)26/h5-14H,15H2,1-4H3,(H,27,29). The molecule has 0 aliphatic carbocycles. The molecular formula is C25H25ClN2O5S. The number of nitrogens with one attached hydrogen (secondary N) is 1. The second-order valence-corrected chi connectivity index (χ2v) is 10.2. The fourth-order valence-electron chi connectivity index (χ4n) is 3.55. The highest BCUT2D eigenvalue weighted by molar-refractivity contribution is 7.92. The number of rotatable bonds is 7. The van der Waals surface area contributed by atoms with E-state index in [4.69, 9.17) is 16.3 Å². The van der Waals surface area contributed by atoms with E-state index in [0.29, 0.717) is 11.3 Å². The van der Waals surface area contributed by atoms with E-state index in [-0.39, 0.29) is 22.8 Å². The van der Waals surface area contributed by atoms with Gasteiger partial charge >= 0.3 is 5.97 Å². The zero-order chi connectivity index (χ0) is 25.0. The Hall–Kier alpha value is -3.36. The summed E-state index contributed by atoms with van der Waals surface area (Å²) in [5.74, 6) is -0.971. The third-order valence-electron chi connectivity index (χ3n) is 5.27. The summed E-state index contributed by atoms with van der Waals surface area (Å²) in [7, 11) is -2.28. The maximum atomic E-state index is 12.7. The summed E-state index contributed by atoms with van der Waals surface area (Å²) in [6.45, 7) is 3.86. The molecule has 3 rings (SSSR count). The van der Waals surface area contributed by atoms with Crippen LogP contribution in [0.2, 0.25) is 5.02 Å². The molecule has 0 aliphatic heterocycles. The van der Waals surface area contributed by atoms with Gasteiger partial charge in [-0.3, -0.25) is 9.10 Å². The first-order valence-corrected chi connectivity index (χ1v) is 12.6. The van der Waals surface area contributed by atoms with Gasteiger partial charge in [0.2, 0.25) is 10.0 Å². The fraction of sp³-hybridized carbons (Fsp3) is 0.200. The van der Waals surface area contributed by atoms with Crippen LogP contribution in [0.5, 0.6) is 0 Å². The summed E-state index contributed by atoms with van der Waals surface area (Å²) >= 11 is 6.16. The van der Waals surface area contributed by atoms with Crippen LogP contribution in [-0.2, 0) is 21.3 Å². The lowest BCUT2D eigenvalue weighted by molar-refractivity contribution is 0.0600. The first-order chi connectivity index (χ1) is 16.0. The lowest BCUT2D eigenvalue weighted by Crippen LogP contribution is -2.30. The SMILES string of the molecule is COC(=O)c1ccc(Cl)c(NC(=O)c2ccc(CN(c3c(C)cccc3C)S(C)(=O)=O)cc2)c1. The highest BCUT2D eigenvalue weighted by Gasteiger charge is 2.21. The van der Waals surface area contributed by atoms with Crippen molar-refractivity contribution in [1.29, 1.82) is 0 Å². The molecule has 1 N–H and O–H groups in total. The summed E-state index contributed by atoms with van der Waals surface area (Å²) in [5.41, 5.74) is 3.95. The third-order valence-corrected chi connectivity index (χ3v) is 6.71. The Bertz CT molecular complexity index is 1320. The highest BCUT2D eigenvalue weighted by atomic mass is 35.5. The molecule has 0 aliphatic rings. The normalized spacial score (nSPS) is 11.1. The first kappa shape index (κ1) is 25.3. The molecule has 0 fully saturated rings. The number of halogens is 1. The Morgan fingerprint density at radius 1 is 0.971 bits per heavy atom. The minimum Gasteiger partial charge on any atom is -0.465 e. The number of para-hydroxylation sites is 1. The topological polar surface area (TPSA) is 92.8 Å². The number of methoxy groups -OCH3 is 1. The number of sulfonamides is 1. The van der Waals surface area contributed by atoms with Crippen molar-refractivity contribution < 1.29 is 22.7 Å². The van der Waals surface area contributed by atoms with E-state index < -0.39 is 21.9 Å². The number of ether oxygens (including phenoxy) is 1. The average molecular weight is 501 g/mol. The van der Waals surface area contributed by atoms with E-state index in [0.717, 1.165) is 16.7 Å². The number of esters is 1. The molecule has 9 heteroatoms. The van der Waals surface area contributed by atoms with Gasteiger partial charge in [0.05, 0.1) is 41.9 Å². The lowest BCUT2D eigenvalue weighted by atomic mass is 10.1. The molecule has 0 atom stereocenters. The van der Waals surface area contributed by atoms with Gasteiger partial charge in [-0.25, -0.2) is 13.2 Å². The van der Waals surface area contributed by atoms with Gasteiger partial charge in [-0.2, -0.15) is 0 Å². The van der Waals surface area contributed by atoms with Crippen LogP contribution in [0.3, 0.4) is 0 Å². The summed E-state index contributed by atoms with van der Waals surface area (Å²) in [4.78, 5) is 24.5. The number of amides is 1. The maximum Gasteiger partial charge on any atom is 0.337 e.